The molecule has 72 heavy (non-hydrogen) atoms. The molecule has 1 fully saturated rings. The molecular formula is C49H69Cl7NO14P. The van der Waals surface area contributed by atoms with Crippen LogP contribution in [0, 0.1) is 0 Å². The number of nitrogens with one attached hydrogen (secondary N) is 1. The summed E-state index contributed by atoms with van der Waals surface area (Å²) in [6.45, 7) is 5.40. The molecule has 0 aliphatic carbocycles. The lowest BCUT2D eigenvalue weighted by atomic mass is 9.97. The summed E-state index contributed by atoms with van der Waals surface area (Å²) in [6, 6.07) is 14.1. The monoisotopic (exact) mass is 1170 g/mol. The molecule has 0 spiro atoms. The van der Waals surface area contributed by atoms with E-state index in [0.717, 1.165) is 70.6 Å². The van der Waals surface area contributed by atoms with Crippen LogP contribution in [0.3, 0.4) is 0 Å². The van der Waals surface area contributed by atoms with E-state index < -0.39 is 101 Å². The molecule has 6 atom stereocenters. The van der Waals surface area contributed by atoms with Gasteiger partial charge < -0.3 is 42.8 Å². The van der Waals surface area contributed by atoms with Crippen molar-refractivity contribution in [3.63, 3.8) is 0 Å². The van der Waals surface area contributed by atoms with Gasteiger partial charge in [0, 0.05) is 6.42 Å². The molecule has 15 nitrogen and oxygen atoms in total. The number of carbonyl (C=O) groups excluding carboxylic acids is 4. The van der Waals surface area contributed by atoms with Gasteiger partial charge in [0.15, 0.2) is 17.3 Å². The number of hydrogen-bond donors (Lipinski definition) is 1. The standard InChI is InChI=1S/C49H69Cl7NO14P/c1-5-7-9-11-13-14-15-16-20-30-37(65-39(58)31-25-17-12-10-8-6-2)32-40(59)67-43-41(57-45(60)64-34-48(51,52)53)44(50)66-38(33-63-46(61)68-47(3,4)49(54,55)56)42(43)71-72(62,69-35-26-21-18-22-27-35)70-36-28-23-19-24-29-36/h18-19,21-24,26-29,37-38,41-44H,5-17,20,25,30-34H2,1-4H3,(H,57,60)/t37-,38-,41+,42-,43-,44+/m1/s1. The summed E-state index contributed by atoms with van der Waals surface area (Å²) < 4.78 is 63.1. The minimum atomic E-state index is -4.97. The largest absolute Gasteiger partial charge is 0.588 e. The molecule has 0 bridgehead atoms. The van der Waals surface area contributed by atoms with E-state index in [-0.39, 0.29) is 17.9 Å². The van der Waals surface area contributed by atoms with Crippen LogP contribution in [0.1, 0.15) is 143 Å². The van der Waals surface area contributed by atoms with Gasteiger partial charge in [-0.15, -0.1) is 0 Å². The van der Waals surface area contributed by atoms with Gasteiger partial charge in [-0.1, -0.05) is 215 Å². The third-order valence-corrected chi connectivity index (χ3v) is 14.6. The van der Waals surface area contributed by atoms with E-state index in [1.54, 1.807) is 36.4 Å². The maximum atomic E-state index is 15.1. The Hall–Kier alpha value is -2.30. The Morgan fingerprint density at radius 1 is 0.694 bits per heavy atom. The number of unbranched alkanes of at least 4 members (excludes halogenated alkanes) is 13. The van der Waals surface area contributed by atoms with Crippen molar-refractivity contribution in [2.45, 2.75) is 192 Å². The fourth-order valence-electron chi connectivity index (χ4n) is 7.21. The van der Waals surface area contributed by atoms with Gasteiger partial charge in [0.1, 0.15) is 49.1 Å². The molecule has 1 saturated heterocycles. The number of phosphoric ester groups is 1. The fraction of sp³-hybridized carbons (Fsp3) is 0.673. The van der Waals surface area contributed by atoms with Gasteiger partial charge in [-0.05, 0) is 57.4 Å². The van der Waals surface area contributed by atoms with E-state index >= 15 is 4.57 Å². The third kappa shape index (κ3) is 25.5. The number of hydrogen-bond acceptors (Lipinski definition) is 14. The van der Waals surface area contributed by atoms with Crippen LogP contribution in [-0.2, 0) is 47.1 Å². The molecular weight excluding hydrogens is 1110 g/mol. The quantitative estimate of drug-likeness (QED) is 0.0240. The lowest BCUT2D eigenvalue weighted by Crippen LogP contribution is -2.65. The van der Waals surface area contributed by atoms with Crippen molar-refractivity contribution in [2.24, 2.45) is 0 Å². The summed E-state index contributed by atoms with van der Waals surface area (Å²) >= 11 is 42.6. The van der Waals surface area contributed by atoms with Gasteiger partial charge in [0.25, 0.3) is 0 Å². The van der Waals surface area contributed by atoms with E-state index in [4.69, 9.17) is 123 Å². The Kier molecular flexibility index (Phi) is 29.3. The zero-order chi connectivity index (χ0) is 53.2. The number of para-hydroxylation sites is 2. The molecule has 1 amide bonds. The molecule has 0 saturated carbocycles. The Morgan fingerprint density at radius 3 is 1.72 bits per heavy atom. The van der Waals surface area contributed by atoms with Crippen LogP contribution >= 0.6 is 89.0 Å². The number of phosphoric acid groups is 1. The number of rotatable bonds is 32. The first-order chi connectivity index (χ1) is 34.0. The van der Waals surface area contributed by atoms with Gasteiger partial charge in [-0.3, -0.25) is 14.1 Å². The van der Waals surface area contributed by atoms with Crippen LogP contribution < -0.4 is 14.4 Å². The van der Waals surface area contributed by atoms with E-state index in [0.29, 0.717) is 19.3 Å². The Bertz CT molecular complexity index is 1900. The second kappa shape index (κ2) is 33.0. The Balaban J connectivity index is 2.06. The maximum Gasteiger partial charge on any atom is 0.588 e. The van der Waals surface area contributed by atoms with E-state index in [9.17, 15) is 19.2 Å². The third-order valence-electron chi connectivity index (χ3n) is 11.2. The highest BCUT2D eigenvalue weighted by molar-refractivity contribution is 7.49. The number of alkyl carbamates (subject to hydrolysis) is 1. The molecule has 1 aliphatic rings. The molecule has 2 aromatic rings. The Morgan fingerprint density at radius 2 is 1.21 bits per heavy atom. The summed E-state index contributed by atoms with van der Waals surface area (Å²) in [5.41, 5.74) is -3.37. The molecule has 0 radical (unpaired) electrons. The van der Waals surface area contributed by atoms with Crippen LogP contribution in [0.5, 0.6) is 11.5 Å². The summed E-state index contributed by atoms with van der Waals surface area (Å²) in [7, 11) is -4.97. The molecule has 1 aliphatic heterocycles. The minimum absolute atomic E-state index is 0.0228. The van der Waals surface area contributed by atoms with Gasteiger partial charge in [-0.25, -0.2) is 14.2 Å². The molecule has 1 N–H and O–H groups in total. The summed E-state index contributed by atoms with van der Waals surface area (Å²) in [6.07, 6.45) is 6.29. The normalized spacial score (nSPS) is 18.8. The highest BCUT2D eigenvalue weighted by atomic mass is 35.6. The maximum absolute atomic E-state index is 15.1. The van der Waals surface area contributed by atoms with Crippen LogP contribution in [0.2, 0.25) is 0 Å². The number of amides is 1. The summed E-state index contributed by atoms with van der Waals surface area (Å²) in [5.74, 6) is -1.38. The van der Waals surface area contributed by atoms with Gasteiger partial charge in [-0.2, -0.15) is 0 Å². The number of halogens is 7. The molecule has 1 heterocycles. The molecule has 3 rings (SSSR count). The van der Waals surface area contributed by atoms with Crippen molar-refractivity contribution in [3.8, 4) is 11.5 Å². The molecule has 0 unspecified atom stereocenters. The number of alkyl halides is 7. The average molecular weight is 1180 g/mol. The van der Waals surface area contributed by atoms with Crippen LogP contribution in [0.15, 0.2) is 60.7 Å². The van der Waals surface area contributed by atoms with Crippen molar-refractivity contribution < 1.29 is 65.7 Å². The predicted octanol–water partition coefficient (Wildman–Crippen LogP) is 15.3. The second-order valence-corrected chi connectivity index (χ2v) is 24.5. The predicted molar refractivity (Wildman–Crippen MR) is 281 cm³/mol. The first-order valence-corrected chi connectivity index (χ1v) is 28.6. The lowest BCUT2D eigenvalue weighted by molar-refractivity contribution is -0.196. The van der Waals surface area contributed by atoms with Crippen LogP contribution in [0.25, 0.3) is 0 Å². The zero-order valence-electron chi connectivity index (χ0n) is 41.2. The number of esters is 2. The van der Waals surface area contributed by atoms with Gasteiger partial charge >= 0.3 is 32.0 Å². The number of ether oxygens (including phenoxy) is 6. The van der Waals surface area contributed by atoms with E-state index in [1.807, 2.05) is 0 Å². The number of carbonyl (C=O) groups is 4. The highest BCUT2D eigenvalue weighted by Gasteiger charge is 2.54. The first kappa shape index (κ1) is 64.0. The zero-order valence-corrected chi connectivity index (χ0v) is 47.4. The van der Waals surface area contributed by atoms with Crippen LogP contribution in [-0.4, -0.2) is 86.6 Å². The Labute approximate surface area is 459 Å². The second-order valence-electron chi connectivity index (χ2n) is 17.8. The fourth-order valence-corrected chi connectivity index (χ4v) is 9.27. The van der Waals surface area contributed by atoms with Crippen molar-refractivity contribution in [1.82, 2.24) is 5.32 Å². The van der Waals surface area contributed by atoms with Gasteiger partial charge in [0.2, 0.25) is 7.59 Å². The topological polar surface area (TPSA) is 180 Å². The molecule has 408 valence electrons. The van der Waals surface area contributed by atoms with Crippen molar-refractivity contribution in [2.75, 3.05) is 13.2 Å². The van der Waals surface area contributed by atoms with E-state index in [1.165, 1.54) is 51.0 Å². The lowest BCUT2D eigenvalue weighted by Gasteiger charge is -2.44. The molecule has 0 aromatic heterocycles. The SMILES string of the molecule is CCCCCCCCCCC[C@H](CC(=O)O[C@@H]1[C@H](NC(=O)OCC(Cl)(Cl)Cl)[C@@H](Cl)O[C@H](COC(=O)OC(C)(C)C(Cl)(Cl)Cl)[C@H]1OP(=O)(Oc1ccccc1)Oc1ccccc1)OC(=O)CCCCCCCC. The van der Waals surface area contributed by atoms with E-state index in [2.05, 4.69) is 19.2 Å². The van der Waals surface area contributed by atoms with Crippen molar-refractivity contribution in [3.05, 3.63) is 60.7 Å². The van der Waals surface area contributed by atoms with Gasteiger partial charge in [0.05, 0.1) is 6.42 Å². The highest BCUT2D eigenvalue weighted by Crippen LogP contribution is 2.53. The van der Waals surface area contributed by atoms with Crippen molar-refractivity contribution in [1.29, 1.82) is 0 Å². The summed E-state index contributed by atoms with van der Waals surface area (Å²) in [5, 5.41) is 2.46. The van der Waals surface area contributed by atoms with Crippen LogP contribution in [0.4, 0.5) is 9.59 Å². The minimum Gasteiger partial charge on any atom is -0.462 e. The molecule has 23 heteroatoms. The smallest absolute Gasteiger partial charge is 0.462 e. The number of benzene rings is 2. The summed E-state index contributed by atoms with van der Waals surface area (Å²) in [4.78, 5) is 54.2. The average Bonchev–Trinajstić information content (AvgIpc) is 3.30. The molecule has 2 aromatic carbocycles. The van der Waals surface area contributed by atoms with Crippen molar-refractivity contribution >= 4 is 113 Å². The first-order valence-electron chi connectivity index (χ1n) is 24.4.